The van der Waals surface area contributed by atoms with Gasteiger partial charge < -0.3 is 5.32 Å². The number of nitrogens with zero attached hydrogens (tertiary/aromatic N) is 1. The van der Waals surface area contributed by atoms with E-state index in [0.29, 0.717) is 22.1 Å². The molecule has 1 aromatic heterocycles. The number of nitrogens with one attached hydrogen (secondary N) is 1. The van der Waals surface area contributed by atoms with E-state index in [0.717, 1.165) is 0 Å². The van der Waals surface area contributed by atoms with Crippen molar-refractivity contribution in [2.45, 2.75) is 0 Å². The first kappa shape index (κ1) is 14.0. The maximum atomic E-state index is 13.6. The standard InChI is InChI=1S/C15H9ClF2N2S/c16-10-7-9(5-6-11(10)17)14-8-21-15(20-14)19-13-4-2-1-3-12(13)18/h1-8H,(H,19,20). The monoisotopic (exact) mass is 322 g/mol. The molecule has 2 nitrogen and oxygen atoms in total. The second kappa shape index (κ2) is 5.79. The summed E-state index contributed by atoms with van der Waals surface area (Å²) in [5.41, 5.74) is 1.72. The molecule has 0 spiro atoms. The first-order valence-corrected chi connectivity index (χ1v) is 7.32. The van der Waals surface area contributed by atoms with Crippen molar-refractivity contribution in [3.05, 3.63) is 64.5 Å². The first-order chi connectivity index (χ1) is 10.1. The third-order valence-electron chi connectivity index (χ3n) is 2.84. The average Bonchev–Trinajstić information content (AvgIpc) is 2.93. The zero-order valence-electron chi connectivity index (χ0n) is 10.6. The number of thiazole rings is 1. The Kier molecular flexibility index (Phi) is 3.86. The van der Waals surface area contributed by atoms with E-state index in [1.807, 2.05) is 0 Å². The molecule has 0 saturated heterocycles. The molecule has 0 bridgehead atoms. The summed E-state index contributed by atoms with van der Waals surface area (Å²) in [7, 11) is 0. The van der Waals surface area contributed by atoms with Gasteiger partial charge in [-0.15, -0.1) is 11.3 Å². The molecule has 1 N–H and O–H groups in total. The molecule has 106 valence electrons. The minimum Gasteiger partial charge on any atom is -0.329 e. The van der Waals surface area contributed by atoms with Crippen molar-refractivity contribution in [2.75, 3.05) is 5.32 Å². The Morgan fingerprint density at radius 3 is 2.62 bits per heavy atom. The largest absolute Gasteiger partial charge is 0.329 e. The average molecular weight is 323 g/mol. The molecule has 0 amide bonds. The molecule has 21 heavy (non-hydrogen) atoms. The number of benzene rings is 2. The molecule has 6 heteroatoms. The summed E-state index contributed by atoms with van der Waals surface area (Å²) in [6.07, 6.45) is 0. The van der Waals surface area contributed by atoms with Gasteiger partial charge in [-0.2, -0.15) is 0 Å². The van der Waals surface area contributed by atoms with Gasteiger partial charge in [-0.3, -0.25) is 0 Å². The molecule has 3 rings (SSSR count). The van der Waals surface area contributed by atoms with Crippen molar-refractivity contribution in [2.24, 2.45) is 0 Å². The molecule has 3 aromatic rings. The van der Waals surface area contributed by atoms with E-state index in [9.17, 15) is 8.78 Å². The van der Waals surface area contributed by atoms with Gasteiger partial charge in [-0.1, -0.05) is 23.7 Å². The van der Waals surface area contributed by atoms with Crippen LogP contribution < -0.4 is 5.32 Å². The SMILES string of the molecule is Fc1ccc(-c2csc(Nc3ccccc3F)n2)cc1Cl. The van der Waals surface area contributed by atoms with Crippen molar-refractivity contribution < 1.29 is 8.78 Å². The van der Waals surface area contributed by atoms with Crippen LogP contribution in [0.3, 0.4) is 0 Å². The lowest BCUT2D eigenvalue weighted by atomic mass is 10.2. The van der Waals surface area contributed by atoms with Crippen LogP contribution in [0.25, 0.3) is 11.3 Å². The second-order valence-electron chi connectivity index (χ2n) is 4.27. The number of hydrogen-bond donors (Lipinski definition) is 1. The summed E-state index contributed by atoms with van der Waals surface area (Å²) in [5.74, 6) is -0.820. The van der Waals surface area contributed by atoms with Gasteiger partial charge >= 0.3 is 0 Å². The van der Waals surface area contributed by atoms with Crippen LogP contribution in [-0.4, -0.2) is 4.98 Å². The summed E-state index contributed by atoms with van der Waals surface area (Å²) in [6, 6.07) is 10.8. The van der Waals surface area contributed by atoms with E-state index in [1.165, 1.54) is 29.5 Å². The molecule has 0 atom stereocenters. The lowest BCUT2D eigenvalue weighted by Gasteiger charge is -2.03. The lowest BCUT2D eigenvalue weighted by Crippen LogP contribution is -1.92. The fourth-order valence-electron chi connectivity index (χ4n) is 1.80. The van der Waals surface area contributed by atoms with Crippen LogP contribution in [0.15, 0.2) is 47.8 Å². The Bertz CT molecular complexity index is 789. The predicted octanol–water partition coefficient (Wildman–Crippen LogP) is 5.49. The van der Waals surface area contributed by atoms with Gasteiger partial charge in [0.15, 0.2) is 5.13 Å². The molecular weight excluding hydrogens is 314 g/mol. The Labute approximate surface area is 129 Å². The summed E-state index contributed by atoms with van der Waals surface area (Å²) in [4.78, 5) is 4.35. The van der Waals surface area contributed by atoms with Gasteiger partial charge in [0.05, 0.1) is 16.4 Å². The highest BCUT2D eigenvalue weighted by atomic mass is 35.5. The number of hydrogen-bond acceptors (Lipinski definition) is 3. The zero-order valence-corrected chi connectivity index (χ0v) is 12.2. The van der Waals surface area contributed by atoms with Crippen molar-refractivity contribution in [3.63, 3.8) is 0 Å². The molecule has 0 aliphatic heterocycles. The van der Waals surface area contributed by atoms with E-state index in [2.05, 4.69) is 10.3 Å². The molecule has 0 unspecified atom stereocenters. The fourth-order valence-corrected chi connectivity index (χ4v) is 2.71. The fraction of sp³-hybridized carbons (Fsp3) is 0. The minimum atomic E-state index is -0.472. The third-order valence-corrected chi connectivity index (χ3v) is 3.88. The summed E-state index contributed by atoms with van der Waals surface area (Å²) >= 11 is 7.09. The Morgan fingerprint density at radius 1 is 1.05 bits per heavy atom. The molecule has 1 heterocycles. The van der Waals surface area contributed by atoms with E-state index >= 15 is 0 Å². The van der Waals surface area contributed by atoms with Gasteiger partial charge in [0.2, 0.25) is 0 Å². The van der Waals surface area contributed by atoms with Crippen molar-refractivity contribution in [3.8, 4) is 11.3 Å². The van der Waals surface area contributed by atoms with Crippen molar-refractivity contribution in [1.29, 1.82) is 0 Å². The maximum absolute atomic E-state index is 13.6. The number of halogens is 3. The highest BCUT2D eigenvalue weighted by Crippen LogP contribution is 2.29. The molecule has 0 saturated carbocycles. The van der Waals surface area contributed by atoms with Crippen molar-refractivity contribution >= 4 is 33.8 Å². The van der Waals surface area contributed by atoms with Crippen LogP contribution >= 0.6 is 22.9 Å². The van der Waals surface area contributed by atoms with Gasteiger partial charge in [0, 0.05) is 10.9 Å². The topological polar surface area (TPSA) is 24.9 Å². The number of para-hydroxylation sites is 1. The van der Waals surface area contributed by atoms with E-state index in [1.54, 1.807) is 29.6 Å². The second-order valence-corrected chi connectivity index (χ2v) is 5.54. The van der Waals surface area contributed by atoms with E-state index in [4.69, 9.17) is 11.6 Å². The molecule has 0 fully saturated rings. The van der Waals surface area contributed by atoms with Gasteiger partial charge in [-0.05, 0) is 30.3 Å². The van der Waals surface area contributed by atoms with Gasteiger partial charge in [0.1, 0.15) is 11.6 Å². The first-order valence-electron chi connectivity index (χ1n) is 6.06. The van der Waals surface area contributed by atoms with Gasteiger partial charge in [0.25, 0.3) is 0 Å². The summed E-state index contributed by atoms with van der Waals surface area (Å²) in [6.45, 7) is 0. The quantitative estimate of drug-likeness (QED) is 0.690. The van der Waals surface area contributed by atoms with Crippen LogP contribution in [-0.2, 0) is 0 Å². The Morgan fingerprint density at radius 2 is 1.86 bits per heavy atom. The highest BCUT2D eigenvalue weighted by Gasteiger charge is 2.09. The van der Waals surface area contributed by atoms with E-state index < -0.39 is 5.82 Å². The molecule has 2 aromatic carbocycles. The Hall–Kier alpha value is -1.98. The molecule has 0 aliphatic rings. The summed E-state index contributed by atoms with van der Waals surface area (Å²) in [5, 5.41) is 5.31. The van der Waals surface area contributed by atoms with E-state index in [-0.39, 0.29) is 10.8 Å². The van der Waals surface area contributed by atoms with Crippen molar-refractivity contribution in [1.82, 2.24) is 4.98 Å². The van der Waals surface area contributed by atoms with Gasteiger partial charge in [-0.25, -0.2) is 13.8 Å². The third kappa shape index (κ3) is 3.04. The Balaban J connectivity index is 1.86. The number of rotatable bonds is 3. The summed E-state index contributed by atoms with van der Waals surface area (Å²) < 4.78 is 26.7. The number of anilines is 2. The molecule has 0 radical (unpaired) electrons. The minimum absolute atomic E-state index is 0.0455. The highest BCUT2D eigenvalue weighted by molar-refractivity contribution is 7.14. The van der Waals surface area contributed by atoms with Crippen LogP contribution in [0.1, 0.15) is 0 Å². The number of aromatic nitrogens is 1. The lowest BCUT2D eigenvalue weighted by molar-refractivity contribution is 0.628. The van der Waals surface area contributed by atoms with Crippen LogP contribution in [0.2, 0.25) is 5.02 Å². The maximum Gasteiger partial charge on any atom is 0.187 e. The zero-order chi connectivity index (χ0) is 14.8. The normalized spacial score (nSPS) is 10.6. The van der Waals surface area contributed by atoms with Crippen LogP contribution in [0.4, 0.5) is 19.6 Å². The predicted molar refractivity (Wildman–Crippen MR) is 82.2 cm³/mol. The molecule has 0 aliphatic carbocycles. The van der Waals surface area contributed by atoms with Crippen LogP contribution in [0.5, 0.6) is 0 Å². The molecular formula is C15H9ClF2N2S. The smallest absolute Gasteiger partial charge is 0.187 e. The van der Waals surface area contributed by atoms with Crippen LogP contribution in [0, 0.1) is 11.6 Å².